The molecular weight excluding hydrogens is 1230 g/mol. The molecular formula is C70H108N12O14. The largest absolute Gasteiger partial charge is 0.444 e. The number of fused-ring (bicyclic) bond motifs is 2. The molecule has 3 saturated heterocycles. The third kappa shape index (κ3) is 25.3. The molecule has 96 heavy (non-hydrogen) atoms. The van der Waals surface area contributed by atoms with Crippen LogP contribution >= 0.6 is 0 Å². The second kappa shape index (κ2) is 36.7. The molecule has 26 nitrogen and oxygen atoms in total. The van der Waals surface area contributed by atoms with Gasteiger partial charge in [0.15, 0.2) is 0 Å². The molecule has 0 spiro atoms. The first-order valence-electron chi connectivity index (χ1n) is 34.2. The Morgan fingerprint density at radius 2 is 0.750 bits per heavy atom. The summed E-state index contributed by atoms with van der Waals surface area (Å²) in [5, 5.41) is 28.2. The molecule has 0 bridgehead atoms. The van der Waals surface area contributed by atoms with Crippen molar-refractivity contribution in [2.24, 2.45) is 23.7 Å². The average molecular weight is 1340 g/mol. The van der Waals surface area contributed by atoms with Gasteiger partial charge in [-0.25, -0.2) is 9.59 Å². The van der Waals surface area contributed by atoms with Crippen LogP contribution in [0.2, 0.25) is 0 Å². The summed E-state index contributed by atoms with van der Waals surface area (Å²) in [6.07, 6.45) is -0.0960. The first-order valence-corrected chi connectivity index (χ1v) is 34.2. The van der Waals surface area contributed by atoms with Gasteiger partial charge in [0.25, 0.3) is 0 Å². The van der Waals surface area contributed by atoms with Crippen molar-refractivity contribution in [3.05, 3.63) is 71.8 Å². The number of nitrogens with one attached hydrogen (secondary N) is 10. The Kier molecular flexibility index (Phi) is 30.0. The fourth-order valence-electron chi connectivity index (χ4n) is 11.9. The van der Waals surface area contributed by atoms with Crippen LogP contribution in [0.1, 0.15) is 172 Å². The van der Waals surface area contributed by atoms with Crippen molar-refractivity contribution < 1.29 is 67.0 Å². The highest BCUT2D eigenvalue weighted by Crippen LogP contribution is 2.24. The third-order valence-electron chi connectivity index (χ3n) is 16.6. The molecule has 0 saturated carbocycles. The number of benzene rings is 2. The number of ether oxygens (including phenoxy) is 2. The van der Waals surface area contributed by atoms with Gasteiger partial charge in [0.1, 0.15) is 71.6 Å². The number of nitrogens with zero attached hydrogens (tertiary/aromatic N) is 2. The van der Waals surface area contributed by atoms with Gasteiger partial charge in [-0.15, -0.1) is 0 Å². The maximum Gasteiger partial charge on any atom is 0.407 e. The van der Waals surface area contributed by atoms with E-state index in [2.05, 4.69) is 53.2 Å². The van der Waals surface area contributed by atoms with E-state index >= 15 is 9.59 Å². The van der Waals surface area contributed by atoms with E-state index in [0.717, 1.165) is 0 Å². The number of amides is 12. The Labute approximate surface area is 566 Å². The summed E-state index contributed by atoms with van der Waals surface area (Å²) in [6, 6.07) is 5.11. The molecule has 12 amide bonds. The highest BCUT2D eigenvalue weighted by atomic mass is 16.6. The second-order valence-corrected chi connectivity index (χ2v) is 29.0. The van der Waals surface area contributed by atoms with Gasteiger partial charge in [0.2, 0.25) is 59.1 Å². The van der Waals surface area contributed by atoms with Crippen molar-refractivity contribution in [2.75, 3.05) is 26.2 Å². The van der Waals surface area contributed by atoms with Gasteiger partial charge >= 0.3 is 12.2 Å². The fraction of sp³-hybridized carbons (Fsp3) is 0.657. The molecule has 0 radical (unpaired) electrons. The number of carbonyl (C=O) groups excluding carboxylic acids is 12. The van der Waals surface area contributed by atoms with E-state index in [1.165, 1.54) is 9.80 Å². The number of hydrogen-bond donors (Lipinski definition) is 10. The Morgan fingerprint density at radius 1 is 0.438 bits per heavy atom. The minimum Gasteiger partial charge on any atom is -0.444 e. The molecule has 0 aromatic heterocycles. The molecule has 3 heterocycles. The zero-order valence-electron chi connectivity index (χ0n) is 58.8. The van der Waals surface area contributed by atoms with Crippen molar-refractivity contribution in [3.8, 4) is 0 Å². The maximum absolute atomic E-state index is 15.1. The number of rotatable bonds is 18. The molecule has 10 N–H and O–H groups in total. The quantitative estimate of drug-likeness (QED) is 0.0928. The van der Waals surface area contributed by atoms with Crippen molar-refractivity contribution in [1.82, 2.24) is 63.0 Å². The van der Waals surface area contributed by atoms with Gasteiger partial charge in [-0.2, -0.15) is 0 Å². The molecule has 10 atom stereocenters. The topological polar surface area (TPSA) is 350 Å². The van der Waals surface area contributed by atoms with E-state index in [4.69, 9.17) is 9.47 Å². The molecule has 0 aliphatic carbocycles. The number of alkyl carbamates (subject to hydrolysis) is 2. The van der Waals surface area contributed by atoms with E-state index in [9.17, 15) is 47.9 Å². The van der Waals surface area contributed by atoms with E-state index < -0.39 is 155 Å². The second-order valence-electron chi connectivity index (χ2n) is 29.0. The van der Waals surface area contributed by atoms with Crippen molar-refractivity contribution >= 4 is 71.3 Å². The smallest absolute Gasteiger partial charge is 0.407 e. The van der Waals surface area contributed by atoms with Gasteiger partial charge in [-0.05, 0) is 141 Å². The zero-order chi connectivity index (χ0) is 71.2. The Balaban J connectivity index is 1.61. The molecule has 3 aliphatic heterocycles. The molecule has 0 unspecified atom stereocenters. The minimum atomic E-state index is -1.36. The van der Waals surface area contributed by atoms with Gasteiger partial charge in [0.05, 0.1) is 0 Å². The van der Waals surface area contributed by atoms with Crippen LogP contribution in [-0.4, -0.2) is 179 Å². The van der Waals surface area contributed by atoms with E-state index in [-0.39, 0.29) is 102 Å². The maximum atomic E-state index is 15.1. The summed E-state index contributed by atoms with van der Waals surface area (Å²) >= 11 is 0. The Hall–Kier alpha value is -8.32. The first kappa shape index (κ1) is 78.4. The molecule has 2 aromatic rings. The lowest BCUT2D eigenvalue weighted by atomic mass is 9.98. The summed E-state index contributed by atoms with van der Waals surface area (Å²) < 4.78 is 10.8. The number of carbonyl (C=O) groups is 12. The summed E-state index contributed by atoms with van der Waals surface area (Å²) in [4.78, 5) is 177. The van der Waals surface area contributed by atoms with Gasteiger partial charge in [-0.1, -0.05) is 116 Å². The lowest BCUT2D eigenvalue weighted by molar-refractivity contribution is -0.143. The SMILES string of the molecule is CC(C)C[C@@H]1NC(=O)[C@H](CCCNC(=O)OC(C)(C)C)NC(=O)[C@H](C(C)C)NC(=O)[C@@H]2CCCN2C(=O)[C@@H](Cc2ccccc2)NC(=O)[C@H](CC(C)C)NC(=O)[C@H](CCCNC(=O)OC(C)(C)C)NC(=O)[C@H](C(C)C)NC(=O)[C@@H]2CCCN2C(=O)[C@@H](Cc2ccccc2)NC1=O. The third-order valence-corrected chi connectivity index (χ3v) is 16.6. The van der Waals surface area contributed by atoms with Crippen molar-refractivity contribution in [3.63, 3.8) is 0 Å². The average Bonchev–Trinajstić information content (AvgIpc) is 1.57. The Bertz CT molecular complexity index is 2790. The zero-order valence-corrected chi connectivity index (χ0v) is 58.8. The van der Waals surface area contributed by atoms with Gasteiger partial charge < -0.3 is 72.4 Å². The predicted molar refractivity (Wildman–Crippen MR) is 361 cm³/mol. The number of hydrogen-bond acceptors (Lipinski definition) is 14. The fourth-order valence-corrected chi connectivity index (χ4v) is 11.9. The van der Waals surface area contributed by atoms with Crippen LogP contribution in [0.25, 0.3) is 0 Å². The van der Waals surface area contributed by atoms with E-state index in [1.807, 2.05) is 27.7 Å². The Morgan fingerprint density at radius 3 is 1.06 bits per heavy atom. The van der Waals surface area contributed by atoms with Gasteiger partial charge in [0, 0.05) is 39.0 Å². The molecule has 2 aromatic carbocycles. The van der Waals surface area contributed by atoms with E-state index in [0.29, 0.717) is 24.0 Å². The summed E-state index contributed by atoms with van der Waals surface area (Å²) in [5.41, 5.74) is -0.283. The van der Waals surface area contributed by atoms with Crippen LogP contribution in [0.4, 0.5) is 9.59 Å². The van der Waals surface area contributed by atoms with E-state index in [1.54, 1.807) is 130 Å². The lowest BCUT2D eigenvalue weighted by Crippen LogP contribution is -2.62. The molecule has 3 fully saturated rings. The van der Waals surface area contributed by atoms with Crippen LogP contribution in [0.5, 0.6) is 0 Å². The molecule has 3 aliphatic rings. The van der Waals surface area contributed by atoms with Crippen LogP contribution in [0.15, 0.2) is 60.7 Å². The van der Waals surface area contributed by atoms with Crippen LogP contribution in [-0.2, 0) is 70.3 Å². The first-order chi connectivity index (χ1) is 45.1. The monoisotopic (exact) mass is 1340 g/mol. The molecule has 26 heteroatoms. The van der Waals surface area contributed by atoms with Crippen LogP contribution in [0, 0.1) is 23.7 Å². The summed E-state index contributed by atoms with van der Waals surface area (Å²) in [5.74, 6) is -8.73. The minimum absolute atomic E-state index is 0.0156. The molecule has 5 rings (SSSR count). The molecule has 532 valence electrons. The standard InChI is InChI=1S/C70H108N12O14/c1-41(2)37-49-59(85)77-51(39-45-25-17-15-18-26-45)65(91)81-35-23-31-53(81)61(87)80-56(44(7)8)64(90)74-48(30-22-34-72-68(94)96-70(12,13)14)58(84)76-50(38-42(3)4)60(86)78-52(40-46-27-19-16-20-28-46)66(92)82-36-24-32-54(82)62(88)79-55(43(5)6)63(89)73-47(57(83)75-49)29-21-33-71-67(93)95-69(9,10)11/h15-20,25-28,41-44,47-56H,21-24,29-40H2,1-14H3,(H,71,93)(H,72,94)(H,73,89)(H,74,90)(H,75,83)(H,76,84)(H,77,85)(H,78,86)(H,79,88)(H,80,87)/t47-,48-,49-,50-,51+,52+,53-,54-,55-,56-/m0/s1. The predicted octanol–water partition coefficient (Wildman–Crippen LogP) is 4.36. The lowest BCUT2D eigenvalue weighted by Gasteiger charge is -2.33. The van der Waals surface area contributed by atoms with Crippen LogP contribution in [0.3, 0.4) is 0 Å². The summed E-state index contributed by atoms with van der Waals surface area (Å²) in [7, 11) is 0. The summed E-state index contributed by atoms with van der Waals surface area (Å²) in [6.45, 7) is 24.6. The normalized spacial score (nSPS) is 24.6. The van der Waals surface area contributed by atoms with Crippen molar-refractivity contribution in [2.45, 2.75) is 246 Å². The van der Waals surface area contributed by atoms with Gasteiger partial charge in [-0.3, -0.25) is 47.9 Å². The highest BCUT2D eigenvalue weighted by Gasteiger charge is 2.44. The van der Waals surface area contributed by atoms with Crippen LogP contribution < -0.4 is 53.2 Å². The highest BCUT2D eigenvalue weighted by molar-refractivity contribution is 6.00. The van der Waals surface area contributed by atoms with Crippen molar-refractivity contribution in [1.29, 1.82) is 0 Å².